The first-order valence-electron chi connectivity index (χ1n) is 13.3. The molecule has 29 heteroatoms. The van der Waals surface area contributed by atoms with Crippen LogP contribution in [0, 0.1) is 11.2 Å². The van der Waals surface area contributed by atoms with Crippen LogP contribution >= 0.6 is 47.0 Å². The molecule has 8 atom stereocenters. The number of imidazole rings is 1. The van der Waals surface area contributed by atoms with Gasteiger partial charge in [-0.05, 0) is 0 Å². The van der Waals surface area contributed by atoms with E-state index in [-0.39, 0.29) is 38.0 Å². The quantitative estimate of drug-likeness (QED) is 0.0785. The Morgan fingerprint density at radius 1 is 1.22 bits per heavy atom. The lowest BCUT2D eigenvalue weighted by molar-refractivity contribution is -0.250. The molecule has 1 amide bonds. The largest absolute Gasteiger partial charge is 0.756 e. The van der Waals surface area contributed by atoms with Gasteiger partial charge >= 0.3 is 5.97 Å². The van der Waals surface area contributed by atoms with Crippen molar-refractivity contribution in [3.8, 4) is 0 Å². The molecule has 0 spiro atoms. The minimum atomic E-state index is -6.22. The van der Waals surface area contributed by atoms with E-state index in [4.69, 9.17) is 48.4 Å². The lowest BCUT2D eigenvalue weighted by atomic mass is 10.1. The molecule has 2 fully saturated rings. The van der Waals surface area contributed by atoms with Gasteiger partial charge in [-0.25, -0.2) is 28.2 Å². The van der Waals surface area contributed by atoms with Crippen LogP contribution in [-0.2, 0) is 50.6 Å². The Morgan fingerprint density at radius 2 is 1.90 bits per heavy atom. The third-order valence-corrected chi connectivity index (χ3v) is 11.9. The van der Waals surface area contributed by atoms with Crippen LogP contribution in [0.5, 0.6) is 0 Å². The third-order valence-electron chi connectivity index (χ3n) is 6.60. The van der Waals surface area contributed by atoms with E-state index in [2.05, 4.69) is 38.3 Å². The molecular formula is C21H22N8O16P3S2-3. The number of amides is 1. The number of phosphoric acid groups is 3. The van der Waals surface area contributed by atoms with E-state index in [9.17, 15) is 38.0 Å². The molecule has 5 heterocycles. The summed E-state index contributed by atoms with van der Waals surface area (Å²) in [7, 11) is -13.8. The summed E-state index contributed by atoms with van der Waals surface area (Å²) in [5, 5.41) is 2.76. The number of aromatic amines is 1. The molecule has 5 N–H and O–H groups in total. The highest BCUT2D eigenvalue weighted by atomic mass is 32.1. The molecular weight excluding hydrogens is 777 g/mol. The molecule has 7 unspecified atom stereocenters. The minimum absolute atomic E-state index is 0.00522. The van der Waals surface area contributed by atoms with Crippen LogP contribution in [0.25, 0.3) is 16.0 Å². The summed E-state index contributed by atoms with van der Waals surface area (Å²) < 4.78 is 69.9. The summed E-state index contributed by atoms with van der Waals surface area (Å²) in [5.74, 6) is -2.00. The highest BCUT2D eigenvalue weighted by molar-refractivity contribution is 7.71. The number of ether oxygens (including phenoxy) is 4. The van der Waals surface area contributed by atoms with Crippen LogP contribution in [0.2, 0.25) is 0 Å². The molecule has 2 aliphatic heterocycles. The molecule has 0 radical (unpaired) electrons. The Hall–Kier alpha value is -3.21. The summed E-state index contributed by atoms with van der Waals surface area (Å²) in [6.45, 7) is 6.56. The van der Waals surface area contributed by atoms with Crippen LogP contribution in [0.1, 0.15) is 15.9 Å². The summed E-state index contributed by atoms with van der Waals surface area (Å²) in [6, 6.07) is 0. The topological polar surface area (TPSA) is 332 Å². The van der Waals surface area contributed by atoms with Gasteiger partial charge < -0.3 is 64.0 Å². The molecule has 24 nitrogen and oxygen atoms in total. The number of carbonyl (C=O) groups is 2. The van der Waals surface area contributed by atoms with Gasteiger partial charge in [0.25, 0.3) is 29.4 Å². The first kappa shape index (κ1) is 38.0. The second-order valence-electron chi connectivity index (χ2n) is 10.1. The fourth-order valence-electron chi connectivity index (χ4n) is 4.77. The number of phosphoric ester groups is 1. The van der Waals surface area contributed by atoms with Crippen LogP contribution < -0.4 is 30.6 Å². The first-order valence-corrected chi connectivity index (χ1v) is 18.9. The molecule has 0 saturated carbocycles. The number of nitrogens with one attached hydrogen (secondary N) is 2. The number of rotatable bonds is 12. The smallest absolute Gasteiger partial charge is 0.348 e. The second-order valence-corrected chi connectivity index (χ2v) is 15.8. The minimum Gasteiger partial charge on any atom is -0.756 e. The Balaban J connectivity index is 1.44. The van der Waals surface area contributed by atoms with Crippen molar-refractivity contribution in [1.29, 1.82) is 0 Å². The van der Waals surface area contributed by atoms with Gasteiger partial charge in [0.1, 0.15) is 34.4 Å². The highest BCUT2D eigenvalue weighted by Gasteiger charge is 2.55. The van der Waals surface area contributed by atoms with Crippen molar-refractivity contribution < 1.29 is 75.0 Å². The fraction of sp³-hybridized carbons (Fsp3) is 0.429. The van der Waals surface area contributed by atoms with Crippen LogP contribution in [0.4, 0.5) is 22.3 Å². The van der Waals surface area contributed by atoms with E-state index in [0.717, 1.165) is 18.4 Å². The highest BCUT2D eigenvalue weighted by Crippen LogP contribution is 2.61. The molecule has 3 aromatic heterocycles. The van der Waals surface area contributed by atoms with Gasteiger partial charge in [0.15, 0.2) is 16.8 Å². The number of carbonyl (C=O) groups excluding carboxylic acids is 2. The third kappa shape index (κ3) is 7.97. The molecule has 2 aliphatic rings. The zero-order valence-electron chi connectivity index (χ0n) is 25.2. The van der Waals surface area contributed by atoms with Gasteiger partial charge in [-0.2, -0.15) is 0 Å². The van der Waals surface area contributed by atoms with Crippen molar-refractivity contribution >= 4 is 92.4 Å². The van der Waals surface area contributed by atoms with Crippen LogP contribution in [-0.4, -0.2) is 88.7 Å². The molecule has 3 aromatic rings. The van der Waals surface area contributed by atoms with Crippen molar-refractivity contribution in [2.75, 3.05) is 43.8 Å². The number of thiophene rings is 1. The Bertz CT molecular complexity index is 2090. The van der Waals surface area contributed by atoms with Gasteiger partial charge in [-0.3, -0.25) is 23.1 Å². The number of methoxy groups -OCH3 is 1. The number of nitrogens with two attached hydrogens (primary N) is 1. The molecule has 2 saturated heterocycles. The second kappa shape index (κ2) is 14.1. The number of nitrogen functional groups attached to an aromatic ring is 1. The lowest BCUT2D eigenvalue weighted by Gasteiger charge is -2.33. The molecule has 0 bridgehead atoms. The maximum absolute atomic E-state index is 13.5. The predicted molar refractivity (Wildman–Crippen MR) is 163 cm³/mol. The van der Waals surface area contributed by atoms with E-state index in [1.165, 1.54) is 10.9 Å². The maximum Gasteiger partial charge on any atom is 0.348 e. The molecule has 0 aromatic carbocycles. The average molecular weight is 800 g/mol. The zero-order valence-corrected chi connectivity index (χ0v) is 29.5. The number of anilines is 3. The van der Waals surface area contributed by atoms with Gasteiger partial charge in [0, 0.05) is 14.1 Å². The van der Waals surface area contributed by atoms with Gasteiger partial charge in [0.2, 0.25) is 12.0 Å². The summed E-state index contributed by atoms with van der Waals surface area (Å²) in [6.07, 6.45) is -6.04. The van der Waals surface area contributed by atoms with Gasteiger partial charge in [0.05, 0.1) is 37.3 Å². The van der Waals surface area contributed by atoms with Crippen molar-refractivity contribution in [3.05, 3.63) is 27.3 Å². The van der Waals surface area contributed by atoms with E-state index in [0.29, 0.717) is 5.00 Å². The van der Waals surface area contributed by atoms with Crippen molar-refractivity contribution in [3.63, 3.8) is 0 Å². The van der Waals surface area contributed by atoms with Crippen LogP contribution in [0.3, 0.4) is 0 Å². The predicted octanol–water partition coefficient (Wildman–Crippen LogP) is -0.371. The number of nitrogens with zero attached hydrogens (tertiary/aromatic N) is 5. The van der Waals surface area contributed by atoms with E-state index >= 15 is 0 Å². The van der Waals surface area contributed by atoms with E-state index in [1.54, 1.807) is 19.0 Å². The number of H-pyrrole nitrogens is 1. The Kier molecular flexibility index (Phi) is 10.7. The summed E-state index contributed by atoms with van der Waals surface area (Å²) in [4.78, 5) is 85.0. The van der Waals surface area contributed by atoms with Gasteiger partial charge in [-0.15, -0.1) is 11.3 Å². The zero-order chi connectivity index (χ0) is 36.9. The summed E-state index contributed by atoms with van der Waals surface area (Å²) >= 11 is 6.06. The SMILES string of the molecule is [C-]#[N+]c1c(N(C)C)sc(C(=O)OC)c1NC(=O)[C@@H]1OC2C(COP(=O)([O-])OP(=O)([O-])OP(=O)([O-])O)OC(n3cnc4c(=S)nc(N)[nH]c43)C2O1. The normalized spacial score (nSPS) is 25.2. The molecule has 5 rings (SSSR count). The standard InChI is InChI=1S/C21H25N8O16P3S2/c1-23-9-8(13(19(31)39-4)50-18(9)28(2)3)25-15(30)20-42-11-7(5-40-47(35,36)45-48(37,38)44-46(32,33)34)41-17(12(11)43-20)29-6-24-10-14(29)26-21(22)27-16(10)49/h6-7,11-12,17,20H,5H2,2-4H3,(H,25,30)(H,35,36)(H,37,38)(H2,32,33,34)(H3,22,26,27,49)/p-3/t7?,11?,12?,17?,20-/m1/s1. The van der Waals surface area contributed by atoms with Crippen molar-refractivity contribution in [2.45, 2.75) is 30.8 Å². The molecule has 272 valence electrons. The lowest BCUT2D eigenvalue weighted by Crippen LogP contribution is -2.34. The monoisotopic (exact) mass is 799 g/mol. The fourth-order valence-corrected chi connectivity index (χ4v) is 8.95. The number of hydrogen-bond acceptors (Lipinski definition) is 21. The number of fused-ring (bicyclic) bond motifs is 2. The number of aromatic nitrogens is 4. The first-order chi connectivity index (χ1) is 23.2. The summed E-state index contributed by atoms with van der Waals surface area (Å²) in [5.41, 5.74) is 5.82. The maximum atomic E-state index is 13.5. The average Bonchev–Trinajstić information content (AvgIpc) is 3.75. The van der Waals surface area contributed by atoms with Gasteiger partial charge in [-0.1, -0.05) is 12.2 Å². The van der Waals surface area contributed by atoms with E-state index < -0.39 is 72.8 Å². The number of hydrogen-bond donors (Lipinski definition) is 4. The Labute approximate surface area is 288 Å². The van der Waals surface area contributed by atoms with Crippen molar-refractivity contribution in [1.82, 2.24) is 19.5 Å². The van der Waals surface area contributed by atoms with Crippen molar-refractivity contribution in [2.24, 2.45) is 0 Å². The molecule has 0 aliphatic carbocycles. The Morgan fingerprint density at radius 3 is 2.52 bits per heavy atom. The van der Waals surface area contributed by atoms with E-state index in [1.807, 2.05) is 0 Å². The number of esters is 1. The molecule has 50 heavy (non-hydrogen) atoms. The van der Waals surface area contributed by atoms with Crippen LogP contribution in [0.15, 0.2) is 6.33 Å².